The number of pyridine rings is 1. The number of rotatable bonds is 10. The molecule has 2 N–H and O–H groups in total. The van der Waals surface area contributed by atoms with Crippen LogP contribution in [0.4, 0.5) is 0 Å². The van der Waals surface area contributed by atoms with Gasteiger partial charge in [0.05, 0.1) is 6.61 Å². The van der Waals surface area contributed by atoms with Crippen molar-refractivity contribution in [2.45, 2.75) is 13.0 Å². The van der Waals surface area contributed by atoms with Crippen molar-refractivity contribution in [2.75, 3.05) is 20.0 Å². The van der Waals surface area contributed by atoms with Crippen LogP contribution < -0.4 is 24.7 Å². The Morgan fingerprint density at radius 3 is 2.65 bits per heavy atom. The van der Waals surface area contributed by atoms with Crippen LogP contribution in [0, 0.1) is 0 Å². The Morgan fingerprint density at radius 2 is 1.81 bits per heavy atom. The van der Waals surface area contributed by atoms with Gasteiger partial charge in [-0.05, 0) is 42.5 Å². The molecule has 0 fully saturated rings. The first-order valence-corrected chi connectivity index (χ1v) is 9.88. The molecule has 1 aliphatic heterocycles. The Morgan fingerprint density at radius 1 is 0.968 bits per heavy atom. The van der Waals surface area contributed by atoms with Crippen LogP contribution in [0.2, 0.25) is 0 Å². The summed E-state index contributed by atoms with van der Waals surface area (Å²) >= 11 is 0. The fourth-order valence-electron chi connectivity index (χ4n) is 2.82. The van der Waals surface area contributed by atoms with Crippen LogP contribution in [0.5, 0.6) is 23.0 Å². The number of aromatic nitrogens is 1. The molecule has 0 atom stereocenters. The molecular weight excluding hydrogens is 398 g/mol. The molecule has 0 unspecified atom stereocenters. The van der Waals surface area contributed by atoms with Gasteiger partial charge in [-0.25, -0.2) is 0 Å². The van der Waals surface area contributed by atoms with E-state index in [1.54, 1.807) is 12.4 Å². The first-order valence-electron chi connectivity index (χ1n) is 9.88. The average Bonchev–Trinajstić information content (AvgIpc) is 3.29. The maximum absolute atomic E-state index is 5.99. The van der Waals surface area contributed by atoms with Gasteiger partial charge >= 0.3 is 0 Å². The van der Waals surface area contributed by atoms with Crippen LogP contribution in [0.15, 0.2) is 72.1 Å². The van der Waals surface area contributed by atoms with Gasteiger partial charge in [-0.15, -0.1) is 0 Å². The van der Waals surface area contributed by atoms with E-state index in [2.05, 4.69) is 10.1 Å². The minimum Gasteiger partial charge on any atom is -0.493 e. The zero-order valence-corrected chi connectivity index (χ0v) is 16.9. The van der Waals surface area contributed by atoms with Crippen molar-refractivity contribution >= 4 is 5.84 Å². The van der Waals surface area contributed by atoms with Crippen molar-refractivity contribution in [1.29, 1.82) is 0 Å². The van der Waals surface area contributed by atoms with Crippen LogP contribution in [-0.2, 0) is 11.4 Å². The van der Waals surface area contributed by atoms with Crippen LogP contribution >= 0.6 is 0 Å². The Labute approximate surface area is 180 Å². The zero-order valence-electron chi connectivity index (χ0n) is 16.9. The zero-order chi connectivity index (χ0) is 21.3. The third kappa shape index (κ3) is 5.79. The summed E-state index contributed by atoms with van der Waals surface area (Å²) in [6.07, 6.45) is 4.16. The van der Waals surface area contributed by atoms with E-state index >= 15 is 0 Å². The number of nitrogens with two attached hydrogens (primary N) is 1. The average molecular weight is 421 g/mol. The summed E-state index contributed by atoms with van der Waals surface area (Å²) in [7, 11) is 0. The molecule has 0 spiro atoms. The molecule has 0 saturated heterocycles. The fourth-order valence-corrected chi connectivity index (χ4v) is 2.82. The summed E-state index contributed by atoms with van der Waals surface area (Å²) in [5.41, 5.74) is 7.75. The molecule has 8 nitrogen and oxygen atoms in total. The highest BCUT2D eigenvalue weighted by Gasteiger charge is 2.13. The maximum Gasteiger partial charge on any atom is 0.231 e. The normalized spacial score (nSPS) is 12.5. The Balaban J connectivity index is 1.16. The highest BCUT2D eigenvalue weighted by atomic mass is 16.7. The summed E-state index contributed by atoms with van der Waals surface area (Å²) in [6.45, 7) is 1.57. The van der Waals surface area contributed by atoms with E-state index in [-0.39, 0.29) is 6.79 Å². The van der Waals surface area contributed by atoms with Crippen LogP contribution in [0.25, 0.3) is 0 Å². The number of hydrogen-bond acceptors (Lipinski definition) is 7. The Kier molecular flexibility index (Phi) is 6.69. The molecule has 4 rings (SSSR count). The number of fused-ring (bicyclic) bond motifs is 1. The highest BCUT2D eigenvalue weighted by molar-refractivity contribution is 5.97. The number of hydrogen-bond donors (Lipinski definition) is 1. The molecular formula is C23H23N3O5. The SMILES string of the molecule is N/C(=N/OCCCOc1ccc2c(c1)OCO2)c1ccc(OCc2cccnc2)cc1. The Hall–Kier alpha value is -3.94. The summed E-state index contributed by atoms with van der Waals surface area (Å²) in [6, 6.07) is 16.7. The number of amidine groups is 1. The lowest BCUT2D eigenvalue weighted by Gasteiger charge is -2.08. The number of nitrogens with zero attached hydrogens (tertiary/aromatic N) is 2. The predicted octanol–water partition coefficient (Wildman–Crippen LogP) is 3.50. The van der Waals surface area contributed by atoms with Crippen molar-refractivity contribution in [3.8, 4) is 23.0 Å². The molecule has 160 valence electrons. The number of ether oxygens (including phenoxy) is 4. The second-order valence-corrected chi connectivity index (χ2v) is 6.70. The third-order valence-corrected chi connectivity index (χ3v) is 4.43. The second kappa shape index (κ2) is 10.2. The number of benzene rings is 2. The lowest BCUT2D eigenvalue weighted by Crippen LogP contribution is -2.14. The topological polar surface area (TPSA) is 97.4 Å². The minimum absolute atomic E-state index is 0.243. The monoisotopic (exact) mass is 421 g/mol. The smallest absolute Gasteiger partial charge is 0.231 e. The van der Waals surface area contributed by atoms with Crippen molar-refractivity contribution in [2.24, 2.45) is 10.9 Å². The van der Waals surface area contributed by atoms with E-state index in [0.29, 0.717) is 37.8 Å². The van der Waals surface area contributed by atoms with Gasteiger partial charge in [0.1, 0.15) is 24.7 Å². The molecule has 1 aromatic heterocycles. The molecule has 8 heteroatoms. The van der Waals surface area contributed by atoms with Crippen LogP contribution in [-0.4, -0.2) is 30.8 Å². The van der Waals surface area contributed by atoms with E-state index in [0.717, 1.165) is 28.4 Å². The molecule has 2 aromatic carbocycles. The highest BCUT2D eigenvalue weighted by Crippen LogP contribution is 2.35. The van der Waals surface area contributed by atoms with Crippen molar-refractivity contribution in [1.82, 2.24) is 4.98 Å². The molecule has 3 aromatic rings. The minimum atomic E-state index is 0.243. The third-order valence-electron chi connectivity index (χ3n) is 4.43. The Bertz CT molecular complexity index is 1010. The molecule has 0 aliphatic carbocycles. The van der Waals surface area contributed by atoms with Crippen molar-refractivity contribution in [3.05, 3.63) is 78.1 Å². The second-order valence-electron chi connectivity index (χ2n) is 6.70. The lowest BCUT2D eigenvalue weighted by molar-refractivity contribution is 0.127. The van der Waals surface area contributed by atoms with E-state index in [1.807, 2.05) is 54.6 Å². The quantitative estimate of drug-likeness (QED) is 0.232. The molecule has 0 radical (unpaired) electrons. The van der Waals surface area contributed by atoms with Gasteiger partial charge in [0.15, 0.2) is 17.3 Å². The molecule has 2 heterocycles. The van der Waals surface area contributed by atoms with E-state index in [1.165, 1.54) is 0 Å². The summed E-state index contributed by atoms with van der Waals surface area (Å²) in [4.78, 5) is 9.36. The van der Waals surface area contributed by atoms with Gasteiger partial charge in [0.25, 0.3) is 0 Å². The van der Waals surface area contributed by atoms with Gasteiger partial charge in [-0.2, -0.15) is 0 Å². The molecule has 31 heavy (non-hydrogen) atoms. The first-order chi connectivity index (χ1) is 15.3. The first kappa shape index (κ1) is 20.3. The van der Waals surface area contributed by atoms with Crippen molar-refractivity contribution < 1.29 is 23.8 Å². The molecule has 0 saturated carbocycles. The van der Waals surface area contributed by atoms with Gasteiger partial charge in [-0.1, -0.05) is 11.2 Å². The lowest BCUT2D eigenvalue weighted by atomic mass is 10.2. The standard InChI is InChI=1S/C23H23N3O5/c24-23(18-4-6-19(7-5-18)28-15-17-3-1-10-25-14-17)26-31-12-2-11-27-20-8-9-21-22(13-20)30-16-29-21/h1,3-10,13-14H,2,11-12,15-16H2,(H2,24,26). The van der Waals surface area contributed by atoms with Crippen molar-refractivity contribution in [3.63, 3.8) is 0 Å². The number of oxime groups is 1. The van der Waals surface area contributed by atoms with Gasteiger partial charge < -0.3 is 29.5 Å². The van der Waals surface area contributed by atoms with Gasteiger partial charge in [0.2, 0.25) is 6.79 Å². The molecule has 0 bridgehead atoms. The summed E-state index contributed by atoms with van der Waals surface area (Å²) < 4.78 is 22.0. The molecule has 0 amide bonds. The van der Waals surface area contributed by atoms with Gasteiger partial charge in [0, 0.05) is 36.0 Å². The summed E-state index contributed by atoms with van der Waals surface area (Å²) in [5.74, 6) is 3.18. The maximum atomic E-state index is 5.99. The van der Waals surface area contributed by atoms with Crippen LogP contribution in [0.3, 0.4) is 0 Å². The van der Waals surface area contributed by atoms with E-state index in [4.69, 9.17) is 29.5 Å². The van der Waals surface area contributed by atoms with E-state index < -0.39 is 0 Å². The largest absolute Gasteiger partial charge is 0.493 e. The summed E-state index contributed by atoms with van der Waals surface area (Å²) in [5, 5.41) is 3.96. The van der Waals surface area contributed by atoms with E-state index in [9.17, 15) is 0 Å². The van der Waals surface area contributed by atoms with Gasteiger partial charge in [-0.3, -0.25) is 4.98 Å². The predicted molar refractivity (Wildman–Crippen MR) is 114 cm³/mol. The molecule has 1 aliphatic rings. The fraction of sp³-hybridized carbons (Fsp3) is 0.217. The van der Waals surface area contributed by atoms with Crippen LogP contribution in [0.1, 0.15) is 17.5 Å².